The molecule has 0 aliphatic rings. The number of rotatable bonds is 2. The molecule has 0 fully saturated rings. The molecule has 276 valence electrons. The van der Waals surface area contributed by atoms with Crippen LogP contribution in [-0.2, 0) is 48.0 Å². The van der Waals surface area contributed by atoms with Crippen LogP contribution in [0.1, 0.15) is 33.4 Å². The van der Waals surface area contributed by atoms with Crippen molar-refractivity contribution < 1.29 is 76.0 Å². The molecule has 0 heterocycles. The standard InChI is InChI=1S/2C18H11F6.2CH3.Si.Zr/c2*1-10-5-11-3-2-4-15(16(11)6-10)12-7-13(17(19,20)21)9-14(8-12)18(22,23)24;;;;/h2*2-9H,1H3;2*1H3;;/q4*-1;;. The van der Waals surface area contributed by atoms with Crippen molar-refractivity contribution in [2.24, 2.45) is 0 Å². The summed E-state index contributed by atoms with van der Waals surface area (Å²) in [6.45, 7) is 6.70. The fraction of sp³-hybridized carbons (Fsp3) is 0.158. The van der Waals surface area contributed by atoms with Crippen LogP contribution in [0.3, 0.4) is 0 Å². The van der Waals surface area contributed by atoms with Crippen LogP contribution in [-0.4, -0.2) is 6.88 Å². The van der Waals surface area contributed by atoms with Crippen molar-refractivity contribution in [3.8, 4) is 22.3 Å². The van der Waals surface area contributed by atoms with Crippen molar-refractivity contribution >= 4 is 28.4 Å². The van der Waals surface area contributed by atoms with Crippen LogP contribution in [0.2, 0.25) is 0 Å². The van der Waals surface area contributed by atoms with Crippen molar-refractivity contribution in [3.05, 3.63) is 145 Å². The Morgan fingerprint density at radius 2 is 0.712 bits per heavy atom. The monoisotopic (exact) mass is 830 g/mol. The Bertz CT molecular complexity index is 1910. The van der Waals surface area contributed by atoms with Gasteiger partial charge in [0.2, 0.25) is 0 Å². The molecular formula is C38H28F12SiZr-4. The second-order valence-corrected chi connectivity index (χ2v) is 11.3. The Morgan fingerprint density at radius 1 is 0.442 bits per heavy atom. The van der Waals surface area contributed by atoms with Gasteiger partial charge >= 0.3 is 54.9 Å². The molecule has 0 saturated carbocycles. The van der Waals surface area contributed by atoms with Gasteiger partial charge in [-0.15, -0.1) is 69.1 Å². The summed E-state index contributed by atoms with van der Waals surface area (Å²) in [4.78, 5) is 0. The van der Waals surface area contributed by atoms with Crippen LogP contribution < -0.4 is 0 Å². The van der Waals surface area contributed by atoms with Crippen LogP contribution in [0.4, 0.5) is 52.7 Å². The molecule has 0 atom stereocenters. The molecule has 14 heteroatoms. The fourth-order valence-electron chi connectivity index (χ4n) is 5.49. The van der Waals surface area contributed by atoms with E-state index < -0.39 is 47.0 Å². The normalized spacial score (nSPS) is 11.9. The average Bonchev–Trinajstić information content (AvgIpc) is 3.60. The van der Waals surface area contributed by atoms with E-state index in [2.05, 4.69) is 6.88 Å². The molecule has 0 unspecified atom stereocenters. The Hall–Kier alpha value is -3.64. The minimum atomic E-state index is -4.86. The van der Waals surface area contributed by atoms with E-state index in [0.29, 0.717) is 21.9 Å². The molecule has 0 saturated heterocycles. The first-order valence-corrected chi connectivity index (χ1v) is 18.5. The molecule has 0 N–H and O–H groups in total. The third-order valence-electron chi connectivity index (χ3n) is 7.59. The summed E-state index contributed by atoms with van der Waals surface area (Å²) in [6.07, 6.45) is -19.4. The average molecular weight is 832 g/mol. The zero-order valence-electron chi connectivity index (χ0n) is 27.8. The van der Waals surface area contributed by atoms with Crippen LogP contribution >= 0.6 is 0 Å². The van der Waals surface area contributed by atoms with Crippen molar-refractivity contribution in [1.29, 1.82) is 0 Å². The quantitative estimate of drug-likeness (QED) is 0.0926. The van der Waals surface area contributed by atoms with Gasteiger partial charge in [0.1, 0.15) is 0 Å². The van der Waals surface area contributed by atoms with E-state index >= 15 is 0 Å². The van der Waals surface area contributed by atoms with E-state index in [4.69, 9.17) is 0 Å². The van der Waals surface area contributed by atoms with E-state index in [1.807, 2.05) is 26.0 Å². The molecule has 52 heavy (non-hydrogen) atoms. The van der Waals surface area contributed by atoms with E-state index in [1.54, 1.807) is 36.4 Å². The van der Waals surface area contributed by atoms with Crippen molar-refractivity contribution in [2.45, 2.75) is 38.6 Å². The van der Waals surface area contributed by atoms with E-state index in [-0.39, 0.29) is 38.1 Å². The van der Waals surface area contributed by atoms with E-state index in [0.717, 1.165) is 46.2 Å². The van der Waals surface area contributed by atoms with Crippen molar-refractivity contribution in [1.82, 2.24) is 0 Å². The summed E-state index contributed by atoms with van der Waals surface area (Å²) >= 11 is 1.36. The molecule has 6 aromatic rings. The molecule has 6 aromatic carbocycles. The summed E-state index contributed by atoms with van der Waals surface area (Å²) in [5.74, 6) is 0. The van der Waals surface area contributed by atoms with Gasteiger partial charge in [0.05, 0.1) is 22.3 Å². The third-order valence-corrected chi connectivity index (χ3v) is 7.59. The van der Waals surface area contributed by atoms with Crippen LogP contribution in [0.25, 0.3) is 43.8 Å². The van der Waals surface area contributed by atoms with E-state index in [1.165, 1.54) is 35.5 Å². The number of hydrogen-bond acceptors (Lipinski definition) is 0. The Morgan fingerprint density at radius 3 is 0.962 bits per heavy atom. The van der Waals surface area contributed by atoms with Gasteiger partial charge in [0.25, 0.3) is 0 Å². The van der Waals surface area contributed by atoms with Crippen LogP contribution in [0, 0.1) is 28.7 Å². The van der Waals surface area contributed by atoms with E-state index in [9.17, 15) is 52.7 Å². The van der Waals surface area contributed by atoms with Gasteiger partial charge in [-0.3, -0.25) is 0 Å². The molecule has 6 rings (SSSR count). The van der Waals surface area contributed by atoms with Gasteiger partial charge in [0.15, 0.2) is 0 Å². The van der Waals surface area contributed by atoms with Gasteiger partial charge in [-0.2, -0.15) is 64.8 Å². The predicted octanol–water partition coefficient (Wildman–Crippen LogP) is 13.7. The number of alkyl halides is 12. The summed E-state index contributed by atoms with van der Waals surface area (Å²) in [6, 6.07) is 20.3. The first kappa shape index (κ1) is 44.5. The molecule has 0 amide bonds. The molecule has 0 nitrogen and oxygen atoms in total. The first-order valence-electron chi connectivity index (χ1n) is 14.3. The topological polar surface area (TPSA) is 0 Å². The number of fused-ring (bicyclic) bond motifs is 2. The minimum absolute atomic E-state index is 0. The first-order chi connectivity index (χ1) is 23.1. The Kier molecular flexibility index (Phi) is 14.2. The zero-order chi connectivity index (χ0) is 37.4. The molecular weight excluding hydrogens is 804 g/mol. The Balaban J connectivity index is 0.000000332. The summed E-state index contributed by atoms with van der Waals surface area (Å²) < 4.78 is 156. The van der Waals surface area contributed by atoms with Gasteiger partial charge in [0, 0.05) is 0 Å². The SMILES string of the molecule is Cc1cc2c(-c3cc(C(F)(F)F)cc(C(F)(F)F)c3)cccc2[cH-]1.Cc1cc2c(-c3cc(C(F)(F)F)cc(C(F)(F)F)c3)cccc2[cH-]1.[CH3-].[CH3-].[Si]=[Zr]. The van der Waals surface area contributed by atoms with Crippen LogP contribution in [0.15, 0.2) is 97.1 Å². The molecule has 0 aliphatic heterocycles. The predicted molar refractivity (Wildman–Crippen MR) is 178 cm³/mol. The molecule has 0 spiro atoms. The third kappa shape index (κ3) is 10.3. The van der Waals surface area contributed by atoms with Gasteiger partial charge in [-0.25, -0.2) is 0 Å². The number of aryl methyl sites for hydroxylation is 2. The van der Waals surface area contributed by atoms with Crippen molar-refractivity contribution in [2.75, 3.05) is 0 Å². The van der Waals surface area contributed by atoms with Gasteiger partial charge < -0.3 is 14.9 Å². The number of benzene rings is 4. The summed E-state index contributed by atoms with van der Waals surface area (Å²) in [5, 5.41) is 2.80. The molecule has 2 radical (unpaired) electrons. The summed E-state index contributed by atoms with van der Waals surface area (Å²) in [5.41, 5.74) is -2.99. The van der Waals surface area contributed by atoms with Crippen LogP contribution in [0.5, 0.6) is 0 Å². The second-order valence-electron chi connectivity index (χ2n) is 11.3. The van der Waals surface area contributed by atoms with Crippen molar-refractivity contribution in [3.63, 3.8) is 0 Å². The fourth-order valence-corrected chi connectivity index (χ4v) is 5.49. The molecule has 0 aliphatic carbocycles. The second kappa shape index (κ2) is 16.6. The number of hydrogen-bond donors (Lipinski definition) is 0. The Labute approximate surface area is 309 Å². The summed E-state index contributed by atoms with van der Waals surface area (Å²) in [7, 11) is 0. The van der Waals surface area contributed by atoms with Gasteiger partial charge in [-0.05, 0) is 47.5 Å². The van der Waals surface area contributed by atoms with Gasteiger partial charge in [-0.1, -0.05) is 37.1 Å². The maximum absolute atomic E-state index is 13.0. The zero-order valence-corrected chi connectivity index (χ0v) is 31.2. The molecule has 0 bridgehead atoms. The molecule has 0 aromatic heterocycles. The number of halogens is 12. The maximum atomic E-state index is 13.0.